The van der Waals surface area contributed by atoms with Crippen molar-refractivity contribution in [3.63, 3.8) is 0 Å². The Labute approximate surface area is 272 Å². The van der Waals surface area contributed by atoms with Gasteiger partial charge in [0.1, 0.15) is 28.8 Å². The number of anilines is 2. The fourth-order valence-corrected chi connectivity index (χ4v) is 4.82. The SMILES string of the molecule is Cc1ccc(-c2nnco2)cc1-c1ccc(N)nc1.Cc1ccc(-c2nnco2)cc1-c1ccc(NC(=O)c2c(F)cccc2F)nc1. The number of nitrogens with two attached hydrogens (primary N) is 1. The number of rotatable bonds is 6. The van der Waals surface area contributed by atoms with Gasteiger partial charge in [0.15, 0.2) is 0 Å². The van der Waals surface area contributed by atoms with Crippen LogP contribution in [0.25, 0.3) is 45.2 Å². The Balaban J connectivity index is 0.000000182. The van der Waals surface area contributed by atoms with Gasteiger partial charge in [0.05, 0.1) is 0 Å². The first-order valence-electron chi connectivity index (χ1n) is 14.4. The van der Waals surface area contributed by atoms with E-state index in [2.05, 4.69) is 35.7 Å². The number of benzene rings is 3. The van der Waals surface area contributed by atoms with Crippen LogP contribution in [0.2, 0.25) is 0 Å². The smallest absolute Gasteiger partial charge is 0.262 e. The zero-order valence-electron chi connectivity index (χ0n) is 25.6. The number of carbonyl (C=O) groups is 1. The number of aromatic nitrogens is 6. The summed E-state index contributed by atoms with van der Waals surface area (Å²) < 4.78 is 37.9. The number of nitrogens with zero attached hydrogens (tertiary/aromatic N) is 6. The number of carbonyl (C=O) groups excluding carboxylic acids is 1. The van der Waals surface area contributed by atoms with Gasteiger partial charge in [-0.05, 0) is 96.8 Å². The van der Waals surface area contributed by atoms with E-state index >= 15 is 0 Å². The van der Waals surface area contributed by atoms with Crippen molar-refractivity contribution in [3.8, 4) is 45.2 Å². The highest BCUT2D eigenvalue weighted by atomic mass is 19.1. The van der Waals surface area contributed by atoms with Gasteiger partial charge in [-0.3, -0.25) is 4.79 Å². The summed E-state index contributed by atoms with van der Waals surface area (Å²) in [6.45, 7) is 3.99. The van der Waals surface area contributed by atoms with Crippen molar-refractivity contribution in [1.29, 1.82) is 0 Å². The molecular weight excluding hydrogens is 618 g/mol. The number of hydrogen-bond acceptors (Lipinski definition) is 10. The van der Waals surface area contributed by atoms with Gasteiger partial charge in [0, 0.05) is 34.6 Å². The summed E-state index contributed by atoms with van der Waals surface area (Å²) in [6, 6.07) is 22.0. The van der Waals surface area contributed by atoms with Gasteiger partial charge >= 0.3 is 0 Å². The molecule has 4 heterocycles. The highest BCUT2D eigenvalue weighted by Crippen LogP contribution is 2.30. The molecule has 0 spiro atoms. The van der Waals surface area contributed by atoms with Crippen molar-refractivity contribution in [3.05, 3.63) is 132 Å². The quantitative estimate of drug-likeness (QED) is 0.188. The molecule has 3 N–H and O–H groups in total. The molecule has 0 aliphatic rings. The van der Waals surface area contributed by atoms with Gasteiger partial charge in [0.2, 0.25) is 24.6 Å². The van der Waals surface area contributed by atoms with Gasteiger partial charge in [-0.2, -0.15) is 0 Å². The molecule has 0 saturated heterocycles. The van der Waals surface area contributed by atoms with Crippen LogP contribution in [0.1, 0.15) is 21.5 Å². The molecule has 0 bridgehead atoms. The lowest BCUT2D eigenvalue weighted by Crippen LogP contribution is -2.16. The third kappa shape index (κ3) is 6.94. The lowest BCUT2D eigenvalue weighted by atomic mass is 9.99. The molecule has 0 aliphatic carbocycles. The van der Waals surface area contributed by atoms with E-state index < -0.39 is 23.1 Å². The summed E-state index contributed by atoms with van der Waals surface area (Å²) in [6.07, 6.45) is 5.90. The maximum atomic E-state index is 13.7. The Hall–Kier alpha value is -6.63. The second kappa shape index (κ2) is 13.8. The molecule has 0 saturated carbocycles. The molecule has 0 fully saturated rings. The number of hydrogen-bond donors (Lipinski definition) is 2. The van der Waals surface area contributed by atoms with Crippen molar-refractivity contribution in [2.45, 2.75) is 13.8 Å². The number of nitrogen functional groups attached to an aromatic ring is 1. The molecule has 1 amide bonds. The fraction of sp³-hybridized carbons (Fsp3) is 0.0571. The molecular formula is C35H26F2N8O3. The van der Waals surface area contributed by atoms with Crippen LogP contribution in [0.5, 0.6) is 0 Å². The standard InChI is InChI=1S/C21H14F2N4O2.C14H12N4O/c1-12-5-6-13(21-27-25-11-29-21)9-15(12)14-7-8-18(24-10-14)26-20(28)19-16(22)3-2-4-17(19)23;1-9-2-3-10(14-18-17-8-19-14)6-12(9)11-4-5-13(15)16-7-11/h2-11H,1H3,(H,24,26,28);2-8H,1H3,(H2,15,16). The molecule has 7 rings (SSSR count). The Bertz CT molecular complexity index is 2150. The van der Waals surface area contributed by atoms with E-state index in [4.69, 9.17) is 14.6 Å². The maximum absolute atomic E-state index is 13.7. The first-order valence-corrected chi connectivity index (χ1v) is 14.4. The van der Waals surface area contributed by atoms with Crippen LogP contribution in [0.3, 0.4) is 0 Å². The third-order valence-corrected chi connectivity index (χ3v) is 7.29. The largest absolute Gasteiger partial charge is 0.423 e. The molecule has 0 unspecified atom stereocenters. The van der Waals surface area contributed by atoms with E-state index in [1.165, 1.54) is 18.9 Å². The fourth-order valence-electron chi connectivity index (χ4n) is 4.82. The van der Waals surface area contributed by atoms with E-state index in [1.54, 1.807) is 30.6 Å². The monoisotopic (exact) mass is 644 g/mol. The van der Waals surface area contributed by atoms with Gasteiger partial charge < -0.3 is 19.9 Å². The topological polar surface area (TPSA) is 159 Å². The normalized spacial score (nSPS) is 10.7. The van der Waals surface area contributed by atoms with E-state index in [0.29, 0.717) is 17.6 Å². The Kier molecular flexibility index (Phi) is 9.01. The van der Waals surface area contributed by atoms with Crippen LogP contribution >= 0.6 is 0 Å². The molecule has 13 heteroatoms. The summed E-state index contributed by atoms with van der Waals surface area (Å²) in [5.41, 5.74) is 12.5. The van der Waals surface area contributed by atoms with E-state index in [-0.39, 0.29) is 5.82 Å². The second-order valence-corrected chi connectivity index (χ2v) is 10.5. The summed E-state index contributed by atoms with van der Waals surface area (Å²) in [5.74, 6) is -1.20. The first kappa shape index (κ1) is 31.4. The van der Waals surface area contributed by atoms with Crippen LogP contribution in [-0.2, 0) is 0 Å². The number of amides is 1. The van der Waals surface area contributed by atoms with Crippen molar-refractivity contribution in [2.75, 3.05) is 11.1 Å². The average molecular weight is 645 g/mol. The number of pyridine rings is 2. The Morgan fingerprint density at radius 2 is 1.21 bits per heavy atom. The predicted molar refractivity (Wildman–Crippen MR) is 174 cm³/mol. The van der Waals surface area contributed by atoms with Crippen LogP contribution < -0.4 is 11.1 Å². The zero-order chi connectivity index (χ0) is 33.6. The van der Waals surface area contributed by atoms with Gasteiger partial charge in [0.25, 0.3) is 5.91 Å². The molecule has 0 aliphatic heterocycles. The third-order valence-electron chi connectivity index (χ3n) is 7.29. The minimum Gasteiger partial charge on any atom is -0.423 e. The minimum atomic E-state index is -0.937. The first-order chi connectivity index (χ1) is 23.3. The van der Waals surface area contributed by atoms with Crippen molar-refractivity contribution >= 4 is 17.5 Å². The van der Waals surface area contributed by atoms with Crippen LogP contribution in [-0.4, -0.2) is 36.3 Å². The van der Waals surface area contributed by atoms with Gasteiger partial charge in [-0.15, -0.1) is 20.4 Å². The summed E-state index contributed by atoms with van der Waals surface area (Å²) >= 11 is 0. The van der Waals surface area contributed by atoms with Crippen LogP contribution in [0.4, 0.5) is 20.4 Å². The molecule has 238 valence electrons. The molecule has 4 aromatic heterocycles. The van der Waals surface area contributed by atoms with Crippen molar-refractivity contribution < 1.29 is 22.4 Å². The molecule has 0 atom stereocenters. The molecule has 3 aromatic carbocycles. The van der Waals surface area contributed by atoms with Gasteiger partial charge in [-0.25, -0.2) is 18.7 Å². The summed E-state index contributed by atoms with van der Waals surface area (Å²) in [4.78, 5) is 20.5. The summed E-state index contributed by atoms with van der Waals surface area (Å²) in [5, 5.41) is 17.6. The molecule has 11 nitrogen and oxygen atoms in total. The minimum absolute atomic E-state index is 0.173. The van der Waals surface area contributed by atoms with E-state index in [0.717, 1.165) is 56.6 Å². The van der Waals surface area contributed by atoms with E-state index in [1.807, 2.05) is 56.3 Å². The molecule has 48 heavy (non-hydrogen) atoms. The summed E-state index contributed by atoms with van der Waals surface area (Å²) in [7, 11) is 0. The van der Waals surface area contributed by atoms with Crippen molar-refractivity contribution in [2.24, 2.45) is 0 Å². The Morgan fingerprint density at radius 3 is 1.67 bits per heavy atom. The van der Waals surface area contributed by atoms with Gasteiger partial charge in [-0.1, -0.05) is 18.2 Å². The second-order valence-electron chi connectivity index (χ2n) is 10.5. The molecule has 0 radical (unpaired) electrons. The number of nitrogens with one attached hydrogen (secondary N) is 1. The highest BCUT2D eigenvalue weighted by molar-refractivity contribution is 6.04. The molecule has 7 aromatic rings. The zero-order valence-corrected chi connectivity index (χ0v) is 25.6. The Morgan fingerprint density at radius 1 is 0.688 bits per heavy atom. The van der Waals surface area contributed by atoms with Crippen LogP contribution in [0.15, 0.2) is 113 Å². The highest BCUT2D eigenvalue weighted by Gasteiger charge is 2.18. The van der Waals surface area contributed by atoms with Crippen LogP contribution in [0, 0.1) is 25.5 Å². The van der Waals surface area contributed by atoms with Crippen molar-refractivity contribution in [1.82, 2.24) is 30.4 Å². The number of aryl methyl sites for hydroxylation is 2. The lowest BCUT2D eigenvalue weighted by Gasteiger charge is -2.09. The maximum Gasteiger partial charge on any atom is 0.262 e. The lowest BCUT2D eigenvalue weighted by molar-refractivity contribution is 0.101. The number of halogens is 2. The average Bonchev–Trinajstić information content (AvgIpc) is 3.83. The predicted octanol–water partition coefficient (Wildman–Crippen LogP) is 7.33. The van der Waals surface area contributed by atoms with E-state index in [9.17, 15) is 13.6 Å².